The summed E-state index contributed by atoms with van der Waals surface area (Å²) in [5.74, 6) is 2.18. The van der Waals surface area contributed by atoms with E-state index in [1.54, 1.807) is 0 Å². The van der Waals surface area contributed by atoms with Crippen LogP contribution in [0.25, 0.3) is 95.0 Å². The molecule has 4 heterocycles. The minimum atomic E-state index is 0.529. The lowest BCUT2D eigenvalue weighted by Gasteiger charge is -2.11. The normalized spacial score (nSPS) is 11.8. The minimum absolute atomic E-state index is 0.529. The third-order valence-corrected chi connectivity index (χ3v) is 8.72. The molecule has 7 nitrogen and oxygen atoms in total. The van der Waals surface area contributed by atoms with E-state index < -0.39 is 0 Å². The lowest BCUT2D eigenvalue weighted by Crippen LogP contribution is -2.06. The summed E-state index contributed by atoms with van der Waals surface area (Å²) in [5.41, 5.74) is 7.59. The van der Waals surface area contributed by atoms with E-state index >= 15 is 0 Å². The Balaban J connectivity index is 1.29. The maximum Gasteiger partial charge on any atom is 0.238 e. The SMILES string of the molecule is c1ccc(-c2nc(-c3cccc4oc5cccc(-c6nc7ccccc7o6)c5c34)nc(-n3c4ccccc4c4ccccc43)n2)cc1. The molecule has 0 aliphatic rings. The summed E-state index contributed by atoms with van der Waals surface area (Å²) in [6, 6.07) is 46.5. The number of fused-ring (bicyclic) bond motifs is 7. The molecule has 220 valence electrons. The van der Waals surface area contributed by atoms with Crippen molar-refractivity contribution in [2.45, 2.75) is 0 Å². The Labute approximate surface area is 267 Å². The first-order valence-corrected chi connectivity index (χ1v) is 15.4. The highest BCUT2D eigenvalue weighted by atomic mass is 16.3. The van der Waals surface area contributed by atoms with Gasteiger partial charge >= 0.3 is 0 Å². The molecule has 0 atom stereocenters. The van der Waals surface area contributed by atoms with Crippen LogP contribution >= 0.6 is 0 Å². The van der Waals surface area contributed by atoms with Crippen molar-refractivity contribution in [2.24, 2.45) is 0 Å². The van der Waals surface area contributed by atoms with Crippen LogP contribution in [0, 0.1) is 0 Å². The van der Waals surface area contributed by atoms with Gasteiger partial charge in [-0.2, -0.15) is 9.97 Å². The molecule has 0 unspecified atom stereocenters. The molecule has 47 heavy (non-hydrogen) atoms. The zero-order valence-electron chi connectivity index (χ0n) is 24.8. The van der Waals surface area contributed by atoms with E-state index in [0.717, 1.165) is 71.5 Å². The van der Waals surface area contributed by atoms with Crippen LogP contribution in [0.2, 0.25) is 0 Å². The van der Waals surface area contributed by atoms with Crippen molar-refractivity contribution in [3.05, 3.63) is 140 Å². The topological polar surface area (TPSA) is 82.8 Å². The van der Waals surface area contributed by atoms with Crippen LogP contribution in [0.4, 0.5) is 0 Å². The summed E-state index contributed by atoms with van der Waals surface area (Å²) < 4.78 is 14.8. The number of nitrogens with zero attached hydrogens (tertiary/aromatic N) is 5. The molecule has 0 radical (unpaired) electrons. The maximum absolute atomic E-state index is 6.44. The van der Waals surface area contributed by atoms with Crippen LogP contribution in [0.15, 0.2) is 148 Å². The summed E-state index contributed by atoms with van der Waals surface area (Å²) in [5, 5.41) is 4.05. The monoisotopic (exact) mass is 605 g/mol. The van der Waals surface area contributed by atoms with Crippen molar-refractivity contribution in [1.82, 2.24) is 24.5 Å². The van der Waals surface area contributed by atoms with Gasteiger partial charge in [0.15, 0.2) is 17.2 Å². The number of oxazole rings is 1. The number of para-hydroxylation sites is 4. The second-order valence-electron chi connectivity index (χ2n) is 11.5. The maximum atomic E-state index is 6.44. The Morgan fingerprint density at radius 1 is 0.426 bits per heavy atom. The Morgan fingerprint density at radius 2 is 1.02 bits per heavy atom. The van der Waals surface area contributed by atoms with Crippen molar-refractivity contribution in [3.63, 3.8) is 0 Å². The Kier molecular flexibility index (Phi) is 5.44. The van der Waals surface area contributed by atoms with Gasteiger partial charge in [-0.05, 0) is 42.5 Å². The highest BCUT2D eigenvalue weighted by Gasteiger charge is 2.23. The Hall–Kier alpha value is -6.60. The minimum Gasteiger partial charge on any atom is -0.456 e. The zero-order chi connectivity index (χ0) is 30.9. The largest absolute Gasteiger partial charge is 0.456 e. The molecular formula is C40H23N5O2. The molecular weight excluding hydrogens is 582 g/mol. The number of benzene rings is 6. The molecule has 10 aromatic rings. The van der Waals surface area contributed by atoms with Crippen LogP contribution < -0.4 is 0 Å². The summed E-state index contributed by atoms with van der Waals surface area (Å²) in [6.07, 6.45) is 0. The third-order valence-electron chi connectivity index (χ3n) is 8.72. The average Bonchev–Trinajstić information content (AvgIpc) is 3.83. The van der Waals surface area contributed by atoms with Crippen LogP contribution in [-0.4, -0.2) is 24.5 Å². The molecule has 6 aromatic carbocycles. The first-order valence-electron chi connectivity index (χ1n) is 15.4. The lowest BCUT2D eigenvalue weighted by atomic mass is 10.0. The molecule has 0 aliphatic carbocycles. The lowest BCUT2D eigenvalue weighted by molar-refractivity contribution is 0.620. The smallest absolute Gasteiger partial charge is 0.238 e. The van der Waals surface area contributed by atoms with Gasteiger partial charge in [-0.3, -0.25) is 4.57 Å². The van der Waals surface area contributed by atoms with Crippen molar-refractivity contribution >= 4 is 54.8 Å². The van der Waals surface area contributed by atoms with Gasteiger partial charge in [0.1, 0.15) is 16.7 Å². The van der Waals surface area contributed by atoms with E-state index in [1.165, 1.54) is 0 Å². The molecule has 0 N–H and O–H groups in total. The van der Waals surface area contributed by atoms with E-state index in [4.69, 9.17) is 28.8 Å². The van der Waals surface area contributed by atoms with E-state index in [-0.39, 0.29) is 0 Å². The molecule has 0 saturated carbocycles. The predicted octanol–water partition coefficient (Wildman–Crippen LogP) is 10.0. The highest BCUT2D eigenvalue weighted by molar-refractivity contribution is 6.17. The number of furan rings is 1. The van der Waals surface area contributed by atoms with Crippen molar-refractivity contribution in [3.8, 4) is 40.2 Å². The summed E-state index contributed by atoms with van der Waals surface area (Å²) in [7, 11) is 0. The number of hydrogen-bond donors (Lipinski definition) is 0. The fraction of sp³-hybridized carbons (Fsp3) is 0. The van der Waals surface area contributed by atoms with Crippen molar-refractivity contribution in [1.29, 1.82) is 0 Å². The van der Waals surface area contributed by atoms with E-state index in [0.29, 0.717) is 23.5 Å². The molecule has 10 rings (SSSR count). The summed E-state index contributed by atoms with van der Waals surface area (Å²) >= 11 is 0. The van der Waals surface area contributed by atoms with Gasteiger partial charge in [0.2, 0.25) is 11.8 Å². The van der Waals surface area contributed by atoms with Crippen LogP contribution in [-0.2, 0) is 0 Å². The first-order chi connectivity index (χ1) is 23.3. The van der Waals surface area contributed by atoms with Gasteiger partial charge in [-0.1, -0.05) is 97.1 Å². The number of hydrogen-bond acceptors (Lipinski definition) is 6. The first kappa shape index (κ1) is 25.7. The van der Waals surface area contributed by atoms with Crippen molar-refractivity contribution < 1.29 is 8.83 Å². The molecule has 0 saturated heterocycles. The quantitative estimate of drug-likeness (QED) is 0.199. The third kappa shape index (κ3) is 3.93. The van der Waals surface area contributed by atoms with Gasteiger partial charge in [-0.15, -0.1) is 0 Å². The molecule has 0 aliphatic heterocycles. The van der Waals surface area contributed by atoms with E-state index in [9.17, 15) is 0 Å². The van der Waals surface area contributed by atoms with Gasteiger partial charge in [0, 0.05) is 38.2 Å². The van der Waals surface area contributed by atoms with Gasteiger partial charge < -0.3 is 8.83 Å². The molecule has 0 fully saturated rings. The zero-order valence-corrected chi connectivity index (χ0v) is 24.8. The highest BCUT2D eigenvalue weighted by Crippen LogP contribution is 2.42. The molecule has 0 amide bonds. The van der Waals surface area contributed by atoms with Crippen molar-refractivity contribution in [2.75, 3.05) is 0 Å². The fourth-order valence-corrected chi connectivity index (χ4v) is 6.66. The van der Waals surface area contributed by atoms with Crippen LogP contribution in [0.5, 0.6) is 0 Å². The van der Waals surface area contributed by atoms with Gasteiger partial charge in [0.05, 0.1) is 11.0 Å². The molecule has 7 heteroatoms. The van der Waals surface area contributed by atoms with Crippen LogP contribution in [0.1, 0.15) is 0 Å². The Morgan fingerprint density at radius 3 is 1.77 bits per heavy atom. The second-order valence-corrected chi connectivity index (χ2v) is 11.5. The number of aromatic nitrogens is 5. The van der Waals surface area contributed by atoms with E-state index in [2.05, 4.69) is 41.0 Å². The van der Waals surface area contributed by atoms with Crippen LogP contribution in [0.3, 0.4) is 0 Å². The van der Waals surface area contributed by atoms with E-state index in [1.807, 2.05) is 103 Å². The molecule has 0 bridgehead atoms. The molecule has 0 spiro atoms. The van der Waals surface area contributed by atoms with Gasteiger partial charge in [0.25, 0.3) is 0 Å². The fourth-order valence-electron chi connectivity index (χ4n) is 6.66. The summed E-state index contributed by atoms with van der Waals surface area (Å²) in [4.78, 5) is 20.2. The predicted molar refractivity (Wildman–Crippen MR) is 185 cm³/mol. The second kappa shape index (κ2) is 9.95. The van der Waals surface area contributed by atoms with Gasteiger partial charge in [-0.25, -0.2) is 9.97 Å². The molecule has 4 aromatic heterocycles. The average molecular weight is 606 g/mol. The number of rotatable bonds is 4. The summed E-state index contributed by atoms with van der Waals surface area (Å²) in [6.45, 7) is 0. The Bertz CT molecular complexity index is 2720. The standard InChI is InChI=1S/C40H23N5O2/c1-2-12-24(13-3-1)37-42-38(44-40(43-37)45-30-19-7-4-14-25(30)26-15-5-8-20-31(26)45)27-16-10-22-33-35(27)36-28(17-11-23-34(36)46-33)39-41-29-18-6-9-21-32(29)47-39/h1-23H.